The topological polar surface area (TPSA) is 122 Å². The van der Waals surface area contributed by atoms with Crippen molar-refractivity contribution in [1.29, 1.82) is 0 Å². The third-order valence-electron chi connectivity index (χ3n) is 7.57. The van der Waals surface area contributed by atoms with Gasteiger partial charge in [-0.15, -0.1) is 0 Å². The Morgan fingerprint density at radius 2 is 1.98 bits per heavy atom. The highest BCUT2D eigenvalue weighted by atomic mass is 16.5. The Kier molecular flexibility index (Phi) is 8.15. The molecule has 224 valence electrons. The molecule has 0 unspecified atom stereocenters. The number of ether oxygens (including phenoxy) is 3. The molecule has 1 saturated heterocycles. The van der Waals surface area contributed by atoms with E-state index in [2.05, 4.69) is 39.0 Å². The number of amides is 2. The van der Waals surface area contributed by atoms with Gasteiger partial charge in [0.25, 0.3) is 5.91 Å². The zero-order valence-corrected chi connectivity index (χ0v) is 24.6. The van der Waals surface area contributed by atoms with Gasteiger partial charge in [-0.1, -0.05) is 26.0 Å². The van der Waals surface area contributed by atoms with Gasteiger partial charge < -0.3 is 34.3 Å². The zero-order valence-electron chi connectivity index (χ0n) is 24.6. The summed E-state index contributed by atoms with van der Waals surface area (Å²) in [5.41, 5.74) is 2.07. The average Bonchev–Trinajstić information content (AvgIpc) is 3.48. The van der Waals surface area contributed by atoms with Crippen molar-refractivity contribution < 1.29 is 23.8 Å². The molecule has 0 radical (unpaired) electrons. The van der Waals surface area contributed by atoms with Gasteiger partial charge in [-0.25, -0.2) is 9.97 Å². The maximum Gasteiger partial charge on any atom is 0.254 e. The third kappa shape index (κ3) is 6.56. The molecule has 0 saturated carbocycles. The Morgan fingerprint density at radius 1 is 1.09 bits per heavy atom. The molecule has 6 rings (SSSR count). The fourth-order valence-electron chi connectivity index (χ4n) is 5.45. The van der Waals surface area contributed by atoms with Crippen LogP contribution in [0.5, 0.6) is 17.2 Å². The molecule has 2 aromatic heterocycles. The van der Waals surface area contributed by atoms with Gasteiger partial charge in [-0.2, -0.15) is 0 Å². The van der Waals surface area contributed by atoms with Crippen LogP contribution in [0.2, 0.25) is 0 Å². The van der Waals surface area contributed by atoms with Crippen LogP contribution in [0.15, 0.2) is 61.1 Å². The smallest absolute Gasteiger partial charge is 0.254 e. The normalized spacial score (nSPS) is 19.6. The first kappa shape index (κ1) is 28.5. The van der Waals surface area contributed by atoms with Gasteiger partial charge in [0, 0.05) is 38.0 Å². The van der Waals surface area contributed by atoms with Crippen molar-refractivity contribution >= 4 is 28.7 Å². The molecule has 4 heterocycles. The highest BCUT2D eigenvalue weighted by molar-refractivity contribution is 5.97. The molecule has 2 atom stereocenters. The van der Waals surface area contributed by atoms with Crippen molar-refractivity contribution in [2.24, 2.45) is 5.92 Å². The Balaban J connectivity index is 1.29. The summed E-state index contributed by atoms with van der Waals surface area (Å²) in [6, 6.07) is 14.5. The number of aromatic amines is 1. The van der Waals surface area contributed by atoms with Crippen LogP contribution in [0.25, 0.3) is 11.0 Å². The number of carbonyl (C=O) groups is 2. The van der Waals surface area contributed by atoms with Crippen LogP contribution in [0.1, 0.15) is 36.2 Å². The second-order valence-corrected chi connectivity index (χ2v) is 11.5. The van der Waals surface area contributed by atoms with E-state index in [1.54, 1.807) is 31.6 Å². The molecule has 43 heavy (non-hydrogen) atoms. The van der Waals surface area contributed by atoms with Gasteiger partial charge in [0.2, 0.25) is 5.91 Å². The molecule has 4 aromatic rings. The molecular weight excluding hydrogens is 548 g/mol. The lowest BCUT2D eigenvalue weighted by atomic mass is 10.0. The van der Waals surface area contributed by atoms with Crippen LogP contribution < -0.4 is 19.7 Å². The molecule has 2 N–H and O–H groups in total. The third-order valence-corrected chi connectivity index (χ3v) is 7.57. The van der Waals surface area contributed by atoms with Crippen LogP contribution in [0.3, 0.4) is 0 Å². The van der Waals surface area contributed by atoms with Gasteiger partial charge in [0.15, 0.2) is 0 Å². The lowest BCUT2D eigenvalue weighted by molar-refractivity contribution is -0.123. The molecule has 2 aromatic carbocycles. The summed E-state index contributed by atoms with van der Waals surface area (Å²) in [5.74, 6) is 2.19. The Bertz CT molecular complexity index is 1620. The van der Waals surface area contributed by atoms with Crippen LogP contribution in [-0.4, -0.2) is 77.1 Å². The number of rotatable bonds is 4. The van der Waals surface area contributed by atoms with Gasteiger partial charge in [-0.3, -0.25) is 9.59 Å². The number of hydrogen-bond acceptors (Lipinski definition) is 8. The predicted octanol–water partition coefficient (Wildman–Crippen LogP) is 4.15. The number of nitrogens with one attached hydrogen (secondary N) is 2. The minimum Gasteiger partial charge on any atom is -0.493 e. The fraction of sp³-hybridized carbons (Fsp3) is 0.375. The summed E-state index contributed by atoms with van der Waals surface area (Å²) in [4.78, 5) is 42.3. The second kappa shape index (κ2) is 12.3. The molecule has 2 aliphatic rings. The number of likely N-dealkylation sites (N-methyl/N-ethyl adjacent to an activating group) is 1. The van der Waals surface area contributed by atoms with Crippen LogP contribution in [0.4, 0.5) is 5.82 Å². The fourth-order valence-corrected chi connectivity index (χ4v) is 5.45. The zero-order chi connectivity index (χ0) is 29.9. The van der Waals surface area contributed by atoms with Gasteiger partial charge in [0.05, 0.1) is 37.3 Å². The minimum atomic E-state index is -0.325. The highest BCUT2D eigenvalue weighted by Crippen LogP contribution is 2.30. The van der Waals surface area contributed by atoms with E-state index in [4.69, 9.17) is 14.2 Å². The summed E-state index contributed by atoms with van der Waals surface area (Å²) in [7, 11) is 1.62. The van der Waals surface area contributed by atoms with E-state index in [1.165, 1.54) is 4.90 Å². The van der Waals surface area contributed by atoms with Crippen molar-refractivity contribution in [3.63, 3.8) is 0 Å². The molecule has 0 spiro atoms. The molecule has 11 nitrogen and oxygen atoms in total. The number of benzene rings is 2. The SMILES string of the molecule is CC(C)COc1cc2cc(c1)C(=O)N(C)CC(=O)N[C@H]1CCN(c3ncnc4[nH]ccc34)C[C@@H]1OCc1cccc(c1)O2. The molecule has 11 heteroatoms. The Hall–Kier alpha value is -4.64. The molecule has 2 aliphatic heterocycles. The van der Waals surface area contributed by atoms with E-state index >= 15 is 0 Å². The van der Waals surface area contributed by atoms with Crippen molar-refractivity contribution in [2.75, 3.05) is 38.2 Å². The first-order valence-corrected chi connectivity index (χ1v) is 14.6. The van der Waals surface area contributed by atoms with Crippen molar-refractivity contribution in [3.05, 3.63) is 72.2 Å². The Labute approximate surface area is 250 Å². The summed E-state index contributed by atoms with van der Waals surface area (Å²) in [6.07, 6.45) is 3.72. The van der Waals surface area contributed by atoms with Gasteiger partial charge in [-0.05, 0) is 48.2 Å². The monoisotopic (exact) mass is 584 g/mol. The van der Waals surface area contributed by atoms with Crippen molar-refractivity contribution in [3.8, 4) is 17.2 Å². The van der Waals surface area contributed by atoms with Crippen molar-refractivity contribution in [2.45, 2.75) is 39.0 Å². The van der Waals surface area contributed by atoms with E-state index in [1.807, 2.05) is 36.5 Å². The number of fused-ring (bicyclic) bond motifs is 6. The maximum atomic E-state index is 13.5. The van der Waals surface area contributed by atoms with Crippen LogP contribution in [-0.2, 0) is 16.1 Å². The first-order chi connectivity index (χ1) is 20.8. The standard InChI is InChI=1S/C32H36N6O5/c1-20(2)17-41-24-12-22-13-25(14-24)43-23-6-4-5-21(11-23)18-42-28-15-38(31-26-7-9-33-30(26)34-19-35-31)10-8-27(28)36-29(39)16-37(3)32(22)40/h4-7,9,11-14,19-20,27-28H,8,10,15-18H2,1-3H3,(H,36,39)(H,33,34,35)/t27-,28-/m0/s1. The van der Waals surface area contributed by atoms with E-state index in [0.717, 1.165) is 22.4 Å². The molecule has 4 bridgehead atoms. The number of hydrogen-bond donors (Lipinski definition) is 2. The summed E-state index contributed by atoms with van der Waals surface area (Å²) in [6.45, 7) is 6.03. The van der Waals surface area contributed by atoms with Gasteiger partial charge in [0.1, 0.15) is 35.0 Å². The predicted molar refractivity (Wildman–Crippen MR) is 161 cm³/mol. The summed E-state index contributed by atoms with van der Waals surface area (Å²) >= 11 is 0. The van der Waals surface area contributed by atoms with Crippen molar-refractivity contribution in [1.82, 2.24) is 25.2 Å². The van der Waals surface area contributed by atoms with E-state index in [0.29, 0.717) is 61.5 Å². The highest BCUT2D eigenvalue weighted by Gasteiger charge is 2.33. The molecule has 1 fully saturated rings. The quantitative estimate of drug-likeness (QED) is 0.367. The summed E-state index contributed by atoms with van der Waals surface area (Å²) < 4.78 is 18.6. The number of nitrogens with zero attached hydrogens (tertiary/aromatic N) is 4. The number of piperidine rings is 1. The van der Waals surface area contributed by atoms with Crippen LogP contribution >= 0.6 is 0 Å². The number of carbonyl (C=O) groups excluding carboxylic acids is 2. The Morgan fingerprint density at radius 3 is 2.84 bits per heavy atom. The molecule has 2 amide bonds. The number of anilines is 1. The van der Waals surface area contributed by atoms with E-state index in [-0.39, 0.29) is 30.5 Å². The summed E-state index contributed by atoms with van der Waals surface area (Å²) in [5, 5.41) is 4.08. The largest absolute Gasteiger partial charge is 0.493 e. The number of aromatic nitrogens is 3. The lowest BCUT2D eigenvalue weighted by Crippen LogP contribution is -2.56. The van der Waals surface area contributed by atoms with Crippen LogP contribution in [0, 0.1) is 5.92 Å². The average molecular weight is 585 g/mol. The minimum absolute atomic E-state index is 0.103. The lowest BCUT2D eigenvalue weighted by Gasteiger charge is -2.39. The first-order valence-electron chi connectivity index (χ1n) is 14.6. The van der Waals surface area contributed by atoms with E-state index < -0.39 is 0 Å². The molecular formula is C32H36N6O5. The molecule has 0 aliphatic carbocycles. The second-order valence-electron chi connectivity index (χ2n) is 11.5. The van der Waals surface area contributed by atoms with Gasteiger partial charge >= 0.3 is 0 Å². The van der Waals surface area contributed by atoms with E-state index in [9.17, 15) is 9.59 Å². The maximum absolute atomic E-state index is 13.5. The number of H-pyrrole nitrogens is 1.